The maximum Gasteiger partial charge on any atom is 0.443 e. The Balaban J connectivity index is 2.06. The maximum absolute atomic E-state index is 12.9. The third kappa shape index (κ3) is 3.47. The summed E-state index contributed by atoms with van der Waals surface area (Å²) < 4.78 is 46.9. The number of ether oxygens (including phenoxy) is 1. The molecular weight excluding hydrogens is 393 g/mol. The lowest BCUT2D eigenvalue weighted by atomic mass is 10.2. The van der Waals surface area contributed by atoms with Crippen LogP contribution in [0, 0.1) is 0 Å². The van der Waals surface area contributed by atoms with E-state index < -0.39 is 16.7 Å². The Kier molecular flexibility index (Phi) is 5.16. The van der Waals surface area contributed by atoms with Crippen LogP contribution in [0.5, 0.6) is 0 Å². The first-order valence-electron chi connectivity index (χ1n) is 8.15. The van der Waals surface area contributed by atoms with Crippen LogP contribution >= 0.6 is 11.3 Å². The van der Waals surface area contributed by atoms with Gasteiger partial charge < -0.3 is 9.30 Å². The summed E-state index contributed by atoms with van der Waals surface area (Å²) in [5, 5.41) is 3.50. The number of alkyl halides is 3. The summed E-state index contributed by atoms with van der Waals surface area (Å²) in [5.74, 6) is 0.574. The summed E-state index contributed by atoms with van der Waals surface area (Å²) in [5.41, 5.74) is 0.503. The highest BCUT2D eigenvalue weighted by Gasteiger charge is 2.36. The van der Waals surface area contributed by atoms with E-state index in [0.29, 0.717) is 28.1 Å². The second-order valence-corrected chi connectivity index (χ2v) is 7.01. The highest BCUT2D eigenvalue weighted by atomic mass is 32.1. The Morgan fingerprint density at radius 1 is 1.43 bits per heavy atom. The van der Waals surface area contributed by atoms with Crippen molar-refractivity contribution in [3.8, 4) is 0 Å². The standard InChI is InChI=1S/C18H17F3N4O2S/c1-5-6-11(27-4)7-10(2)9-25-16(26)13-12(8-22-25)14-15(24(13)3)23-17(28-14)18(19,20)21/h5-8H,2,9H2,1,3-4H3/b6-5-,11-7+. The monoisotopic (exact) mass is 410 g/mol. The molecule has 0 saturated carbocycles. The summed E-state index contributed by atoms with van der Waals surface area (Å²) in [6, 6.07) is 0. The minimum absolute atomic E-state index is 0.109. The van der Waals surface area contributed by atoms with Crippen molar-refractivity contribution in [2.45, 2.75) is 19.6 Å². The minimum atomic E-state index is -4.53. The molecule has 3 aromatic heterocycles. The van der Waals surface area contributed by atoms with E-state index >= 15 is 0 Å². The van der Waals surface area contributed by atoms with Gasteiger partial charge in [-0.1, -0.05) is 12.7 Å². The lowest BCUT2D eigenvalue weighted by molar-refractivity contribution is -0.137. The van der Waals surface area contributed by atoms with E-state index in [2.05, 4.69) is 16.7 Å². The zero-order valence-corrected chi connectivity index (χ0v) is 16.2. The lowest BCUT2D eigenvalue weighted by Crippen LogP contribution is -2.24. The van der Waals surface area contributed by atoms with Gasteiger partial charge in [-0.05, 0) is 24.6 Å². The van der Waals surface area contributed by atoms with Crippen LogP contribution in [-0.2, 0) is 24.5 Å². The molecule has 28 heavy (non-hydrogen) atoms. The summed E-state index contributed by atoms with van der Waals surface area (Å²) in [7, 11) is 3.04. The molecule has 0 fully saturated rings. The van der Waals surface area contributed by atoms with Crippen LogP contribution in [-0.4, -0.2) is 26.4 Å². The third-order valence-electron chi connectivity index (χ3n) is 4.03. The largest absolute Gasteiger partial charge is 0.497 e. The van der Waals surface area contributed by atoms with Crippen molar-refractivity contribution in [2.24, 2.45) is 7.05 Å². The summed E-state index contributed by atoms with van der Waals surface area (Å²) in [6.45, 7) is 5.86. The quantitative estimate of drug-likeness (QED) is 0.471. The summed E-state index contributed by atoms with van der Waals surface area (Å²) in [4.78, 5) is 16.5. The minimum Gasteiger partial charge on any atom is -0.497 e. The number of fused-ring (bicyclic) bond motifs is 3. The number of aromatic nitrogens is 4. The molecule has 0 spiro atoms. The van der Waals surface area contributed by atoms with Crippen molar-refractivity contribution in [3.05, 3.63) is 57.7 Å². The van der Waals surface area contributed by atoms with E-state index in [4.69, 9.17) is 4.74 Å². The van der Waals surface area contributed by atoms with Gasteiger partial charge in [-0.15, -0.1) is 11.3 Å². The molecule has 0 N–H and O–H groups in total. The second-order valence-electron chi connectivity index (χ2n) is 6.01. The van der Waals surface area contributed by atoms with E-state index in [9.17, 15) is 18.0 Å². The molecule has 0 aliphatic heterocycles. The third-order valence-corrected chi connectivity index (χ3v) is 5.16. The van der Waals surface area contributed by atoms with Crippen LogP contribution in [0.1, 0.15) is 11.9 Å². The number of nitrogens with zero attached hydrogens (tertiary/aromatic N) is 4. The number of rotatable bonds is 5. The van der Waals surface area contributed by atoms with Gasteiger partial charge in [-0.25, -0.2) is 9.67 Å². The van der Waals surface area contributed by atoms with Crippen LogP contribution < -0.4 is 5.56 Å². The van der Waals surface area contributed by atoms with Gasteiger partial charge in [0.05, 0.1) is 24.6 Å². The molecule has 3 rings (SSSR count). The van der Waals surface area contributed by atoms with E-state index in [1.165, 1.54) is 29.6 Å². The maximum atomic E-state index is 12.9. The normalized spacial score (nSPS) is 13.1. The first-order valence-corrected chi connectivity index (χ1v) is 8.97. The first-order chi connectivity index (χ1) is 13.2. The van der Waals surface area contributed by atoms with Crippen molar-refractivity contribution in [1.29, 1.82) is 0 Å². The number of halogens is 3. The SMILES string of the molecule is C=C(/C=C(\C=C/C)OC)Cn1ncc2c3sc(C(F)(F)F)nc3n(C)c2c1=O. The molecule has 6 nitrogen and oxygen atoms in total. The zero-order chi connectivity index (χ0) is 20.6. The van der Waals surface area contributed by atoms with Crippen LogP contribution in [0.2, 0.25) is 0 Å². The van der Waals surface area contributed by atoms with Gasteiger partial charge in [0.25, 0.3) is 5.56 Å². The molecule has 0 atom stereocenters. The fraction of sp³-hybridized carbons (Fsp3) is 0.278. The molecular formula is C18H17F3N4O2S. The Labute approximate surface area is 161 Å². The highest BCUT2D eigenvalue weighted by Crippen LogP contribution is 2.38. The van der Waals surface area contributed by atoms with Crippen molar-refractivity contribution in [1.82, 2.24) is 19.3 Å². The van der Waals surface area contributed by atoms with Gasteiger partial charge in [0, 0.05) is 12.4 Å². The fourth-order valence-electron chi connectivity index (χ4n) is 2.80. The second kappa shape index (κ2) is 7.27. The predicted molar refractivity (Wildman–Crippen MR) is 102 cm³/mol. The Morgan fingerprint density at radius 3 is 2.75 bits per heavy atom. The Morgan fingerprint density at radius 2 is 2.14 bits per heavy atom. The predicted octanol–water partition coefficient (Wildman–Crippen LogP) is 4.03. The van der Waals surface area contributed by atoms with Crippen molar-refractivity contribution >= 4 is 32.6 Å². The van der Waals surface area contributed by atoms with Gasteiger partial charge in [0.15, 0.2) is 5.65 Å². The molecule has 0 aliphatic rings. The van der Waals surface area contributed by atoms with E-state index in [1.807, 2.05) is 6.92 Å². The lowest BCUT2D eigenvalue weighted by Gasteiger charge is -2.07. The molecule has 0 aromatic carbocycles. The van der Waals surface area contributed by atoms with Gasteiger partial charge in [0.2, 0.25) is 5.01 Å². The van der Waals surface area contributed by atoms with Crippen molar-refractivity contribution in [2.75, 3.05) is 7.11 Å². The molecule has 0 bridgehead atoms. The van der Waals surface area contributed by atoms with Crippen LogP contribution in [0.4, 0.5) is 13.2 Å². The fourth-order valence-corrected chi connectivity index (χ4v) is 3.78. The Bertz CT molecular complexity index is 1180. The molecule has 0 amide bonds. The molecule has 10 heteroatoms. The van der Waals surface area contributed by atoms with Crippen LogP contribution in [0.15, 0.2) is 47.1 Å². The van der Waals surface area contributed by atoms with Crippen molar-refractivity contribution in [3.63, 3.8) is 0 Å². The van der Waals surface area contributed by atoms with Gasteiger partial charge in [0.1, 0.15) is 11.3 Å². The van der Waals surface area contributed by atoms with E-state index in [0.717, 1.165) is 0 Å². The highest BCUT2D eigenvalue weighted by molar-refractivity contribution is 7.19. The average molecular weight is 410 g/mol. The summed E-state index contributed by atoms with van der Waals surface area (Å²) in [6.07, 6.45) is 2.09. The smallest absolute Gasteiger partial charge is 0.443 e. The van der Waals surface area contributed by atoms with Crippen LogP contribution in [0.3, 0.4) is 0 Å². The molecule has 0 unspecified atom stereocenters. The van der Waals surface area contributed by atoms with Gasteiger partial charge in [-0.3, -0.25) is 4.79 Å². The number of methoxy groups -OCH3 is 1. The molecule has 148 valence electrons. The molecule has 0 radical (unpaired) electrons. The van der Waals surface area contributed by atoms with Crippen LogP contribution in [0.25, 0.3) is 21.3 Å². The van der Waals surface area contributed by atoms with Gasteiger partial charge >= 0.3 is 6.18 Å². The van der Waals surface area contributed by atoms with Crippen molar-refractivity contribution < 1.29 is 17.9 Å². The molecule has 3 heterocycles. The molecule has 0 aliphatic carbocycles. The zero-order valence-electron chi connectivity index (χ0n) is 15.4. The number of allylic oxidation sites excluding steroid dienone is 4. The molecule has 0 saturated heterocycles. The number of hydrogen-bond donors (Lipinski definition) is 0. The first kappa shape index (κ1) is 19.9. The van der Waals surface area contributed by atoms with E-state index in [1.54, 1.807) is 18.2 Å². The summed E-state index contributed by atoms with van der Waals surface area (Å²) >= 11 is 0.504. The number of hydrogen-bond acceptors (Lipinski definition) is 5. The van der Waals surface area contributed by atoms with Gasteiger partial charge in [-0.2, -0.15) is 18.3 Å². The average Bonchev–Trinajstić information content (AvgIpc) is 3.17. The number of aryl methyl sites for hydroxylation is 1. The topological polar surface area (TPSA) is 61.9 Å². The Hall–Kier alpha value is -2.88. The van der Waals surface area contributed by atoms with E-state index in [-0.39, 0.29) is 22.4 Å². The molecule has 3 aromatic rings. The number of thiazole rings is 1.